The van der Waals surface area contributed by atoms with Crippen LogP contribution in [0.4, 0.5) is 4.39 Å². The molecule has 5 heteroatoms. The van der Waals surface area contributed by atoms with Gasteiger partial charge in [-0.2, -0.15) is 0 Å². The molecule has 0 aromatic heterocycles. The molecule has 1 fully saturated rings. The third kappa shape index (κ3) is 4.39. The van der Waals surface area contributed by atoms with E-state index in [4.69, 9.17) is 16.3 Å². The Morgan fingerprint density at radius 1 is 1.44 bits per heavy atom. The highest BCUT2D eigenvalue weighted by Crippen LogP contribution is 2.14. The van der Waals surface area contributed by atoms with Crippen molar-refractivity contribution in [2.45, 2.75) is 31.7 Å². The molecule has 102 valence electrons. The van der Waals surface area contributed by atoms with Gasteiger partial charge in [0.2, 0.25) is 0 Å². The number of morpholine rings is 1. The third-order valence-corrected chi connectivity index (χ3v) is 3.28. The number of ether oxygens (including phenoxy) is 1. The Balaban J connectivity index is 0.00000162. The van der Waals surface area contributed by atoms with Crippen molar-refractivity contribution in [3.05, 3.63) is 34.9 Å². The maximum absolute atomic E-state index is 13.0. The normalized spacial score (nSPS) is 25.3. The molecular formula is C13H18Cl2FNO. The molecule has 0 saturated carbocycles. The van der Waals surface area contributed by atoms with Crippen LogP contribution in [0.15, 0.2) is 24.3 Å². The van der Waals surface area contributed by atoms with Crippen molar-refractivity contribution in [3.63, 3.8) is 0 Å². The summed E-state index contributed by atoms with van der Waals surface area (Å²) in [5.74, 6) is 0. The summed E-state index contributed by atoms with van der Waals surface area (Å²) in [4.78, 5) is 0. The molecule has 0 bridgehead atoms. The zero-order valence-corrected chi connectivity index (χ0v) is 11.8. The molecule has 1 N–H and O–H groups in total. The van der Waals surface area contributed by atoms with Gasteiger partial charge in [-0.05, 0) is 31.0 Å². The zero-order chi connectivity index (χ0) is 12.3. The minimum absolute atomic E-state index is 0. The van der Waals surface area contributed by atoms with Crippen LogP contribution in [-0.4, -0.2) is 31.5 Å². The highest BCUT2D eigenvalue weighted by Gasteiger charge is 2.25. The van der Waals surface area contributed by atoms with Gasteiger partial charge in [-0.3, -0.25) is 0 Å². The van der Waals surface area contributed by atoms with E-state index >= 15 is 0 Å². The van der Waals surface area contributed by atoms with Crippen molar-refractivity contribution in [1.82, 2.24) is 5.32 Å². The summed E-state index contributed by atoms with van der Waals surface area (Å²) in [6.45, 7) is 2.67. The van der Waals surface area contributed by atoms with Gasteiger partial charge in [0.15, 0.2) is 0 Å². The smallest absolute Gasteiger partial charge is 0.125 e. The first-order valence-electron chi connectivity index (χ1n) is 5.88. The van der Waals surface area contributed by atoms with Crippen molar-refractivity contribution >= 4 is 24.0 Å². The van der Waals surface area contributed by atoms with Crippen LogP contribution in [0.5, 0.6) is 0 Å². The summed E-state index contributed by atoms with van der Waals surface area (Å²) in [6.07, 6.45) is -0.347. The first-order valence-corrected chi connectivity index (χ1v) is 6.26. The summed E-state index contributed by atoms with van der Waals surface area (Å²) >= 11 is 5.83. The predicted octanol–water partition coefficient (Wildman–Crippen LogP) is 3.02. The minimum atomic E-state index is -0.918. The van der Waals surface area contributed by atoms with Gasteiger partial charge in [0.25, 0.3) is 0 Å². The highest BCUT2D eigenvalue weighted by atomic mass is 35.5. The molecule has 1 aromatic carbocycles. The molecule has 1 unspecified atom stereocenters. The minimum Gasteiger partial charge on any atom is -0.372 e. The van der Waals surface area contributed by atoms with Gasteiger partial charge in [-0.15, -0.1) is 12.4 Å². The van der Waals surface area contributed by atoms with Crippen LogP contribution < -0.4 is 5.32 Å². The average molecular weight is 294 g/mol. The Hall–Kier alpha value is -0.350. The molecule has 3 atom stereocenters. The van der Waals surface area contributed by atoms with E-state index in [1.807, 2.05) is 24.3 Å². The van der Waals surface area contributed by atoms with Crippen molar-refractivity contribution in [1.29, 1.82) is 0 Å². The van der Waals surface area contributed by atoms with Crippen molar-refractivity contribution in [3.8, 4) is 0 Å². The van der Waals surface area contributed by atoms with E-state index in [1.54, 1.807) is 0 Å². The predicted molar refractivity (Wildman–Crippen MR) is 74.5 cm³/mol. The van der Waals surface area contributed by atoms with Gasteiger partial charge in [0.1, 0.15) is 12.3 Å². The lowest BCUT2D eigenvalue weighted by atomic mass is 10.0. The van der Waals surface area contributed by atoms with E-state index in [0.717, 1.165) is 11.4 Å². The van der Waals surface area contributed by atoms with E-state index in [2.05, 4.69) is 5.32 Å². The lowest BCUT2D eigenvalue weighted by Gasteiger charge is -2.31. The first-order chi connectivity index (χ1) is 8.15. The molecule has 0 radical (unpaired) electrons. The number of hydrogen-bond acceptors (Lipinski definition) is 2. The molecule has 0 amide bonds. The Labute approximate surface area is 118 Å². The number of benzene rings is 1. The topological polar surface area (TPSA) is 21.3 Å². The fourth-order valence-electron chi connectivity index (χ4n) is 1.97. The highest BCUT2D eigenvalue weighted by molar-refractivity contribution is 6.30. The quantitative estimate of drug-likeness (QED) is 0.925. The standard InChI is InChI=1S/C13H17ClFNO.ClH/c1-9(15)13-7-16-12(8-17-13)6-10-2-4-11(14)5-3-10;/h2-5,9,12-13,16H,6-8H2,1H3;1H/t9?,12-,13+;/m0./s1. The van der Waals surface area contributed by atoms with E-state index in [-0.39, 0.29) is 24.6 Å². The van der Waals surface area contributed by atoms with Crippen LogP contribution >= 0.6 is 24.0 Å². The average Bonchev–Trinajstić information content (AvgIpc) is 2.33. The monoisotopic (exact) mass is 293 g/mol. The maximum atomic E-state index is 13.0. The summed E-state index contributed by atoms with van der Waals surface area (Å²) < 4.78 is 18.5. The molecule has 0 aliphatic carbocycles. The van der Waals surface area contributed by atoms with E-state index in [9.17, 15) is 4.39 Å². The number of nitrogens with one attached hydrogen (secondary N) is 1. The van der Waals surface area contributed by atoms with Gasteiger partial charge < -0.3 is 10.1 Å². The van der Waals surface area contributed by atoms with E-state index in [1.165, 1.54) is 12.5 Å². The molecule has 18 heavy (non-hydrogen) atoms. The molecule has 1 aliphatic heterocycles. The summed E-state index contributed by atoms with van der Waals surface area (Å²) in [6, 6.07) is 8.04. The second kappa shape index (κ2) is 7.29. The molecular weight excluding hydrogens is 276 g/mol. The van der Waals surface area contributed by atoms with Crippen LogP contribution in [0.2, 0.25) is 5.02 Å². The molecule has 1 heterocycles. The molecule has 2 rings (SSSR count). The molecule has 1 saturated heterocycles. The SMILES string of the molecule is CC(F)[C@H]1CN[C@@H](Cc2ccc(Cl)cc2)CO1.Cl. The van der Waals surface area contributed by atoms with Crippen LogP contribution in [0.3, 0.4) is 0 Å². The van der Waals surface area contributed by atoms with Gasteiger partial charge in [-0.25, -0.2) is 4.39 Å². The molecule has 2 nitrogen and oxygen atoms in total. The van der Waals surface area contributed by atoms with Gasteiger partial charge in [-0.1, -0.05) is 23.7 Å². The first kappa shape index (κ1) is 15.7. The van der Waals surface area contributed by atoms with Crippen molar-refractivity contribution < 1.29 is 9.13 Å². The van der Waals surface area contributed by atoms with Crippen molar-refractivity contribution in [2.75, 3.05) is 13.2 Å². The zero-order valence-electron chi connectivity index (χ0n) is 10.2. The lowest BCUT2D eigenvalue weighted by Crippen LogP contribution is -2.50. The van der Waals surface area contributed by atoms with Crippen LogP contribution in [-0.2, 0) is 11.2 Å². The molecule has 1 aliphatic rings. The summed E-state index contributed by atoms with van der Waals surface area (Å²) in [7, 11) is 0. The Bertz CT molecular complexity index is 351. The summed E-state index contributed by atoms with van der Waals surface area (Å²) in [5.41, 5.74) is 1.21. The Kier molecular flexibility index (Phi) is 6.36. The fourth-order valence-corrected chi connectivity index (χ4v) is 2.10. The van der Waals surface area contributed by atoms with E-state index < -0.39 is 6.17 Å². The van der Waals surface area contributed by atoms with Gasteiger partial charge >= 0.3 is 0 Å². The summed E-state index contributed by atoms with van der Waals surface area (Å²) in [5, 5.41) is 4.06. The van der Waals surface area contributed by atoms with Crippen molar-refractivity contribution in [2.24, 2.45) is 0 Å². The van der Waals surface area contributed by atoms with E-state index in [0.29, 0.717) is 13.2 Å². The number of hydrogen-bond donors (Lipinski definition) is 1. The van der Waals surface area contributed by atoms with Gasteiger partial charge in [0, 0.05) is 17.6 Å². The Morgan fingerprint density at radius 3 is 2.61 bits per heavy atom. The van der Waals surface area contributed by atoms with Crippen LogP contribution in [0, 0.1) is 0 Å². The largest absolute Gasteiger partial charge is 0.372 e. The van der Waals surface area contributed by atoms with Gasteiger partial charge in [0.05, 0.1) is 6.61 Å². The second-order valence-electron chi connectivity index (χ2n) is 4.49. The third-order valence-electron chi connectivity index (χ3n) is 3.03. The molecule has 1 aromatic rings. The lowest BCUT2D eigenvalue weighted by molar-refractivity contribution is -0.0340. The number of alkyl halides is 1. The number of rotatable bonds is 3. The second-order valence-corrected chi connectivity index (χ2v) is 4.92. The van der Waals surface area contributed by atoms with Crippen LogP contribution in [0.25, 0.3) is 0 Å². The fraction of sp³-hybridized carbons (Fsp3) is 0.538. The maximum Gasteiger partial charge on any atom is 0.125 e. The Morgan fingerprint density at radius 2 is 2.11 bits per heavy atom. The molecule has 0 spiro atoms. The van der Waals surface area contributed by atoms with Crippen LogP contribution in [0.1, 0.15) is 12.5 Å². The number of halogens is 3.